The van der Waals surface area contributed by atoms with Crippen LogP contribution in [0.2, 0.25) is 0 Å². The van der Waals surface area contributed by atoms with E-state index in [0.29, 0.717) is 20.0 Å². The van der Waals surface area contributed by atoms with Crippen molar-refractivity contribution in [2.24, 2.45) is 0 Å². The molecule has 0 saturated carbocycles. The SMILES string of the molecule is COCCOCOCCCCCCCCCCBr. The van der Waals surface area contributed by atoms with Crippen LogP contribution in [-0.2, 0) is 14.2 Å². The maximum Gasteiger partial charge on any atom is 0.146 e. The average Bonchev–Trinajstić information content (AvgIpc) is 2.39. The first-order valence-corrected chi connectivity index (χ1v) is 8.24. The second-order valence-electron chi connectivity index (χ2n) is 4.44. The number of methoxy groups -OCH3 is 1. The highest BCUT2D eigenvalue weighted by Crippen LogP contribution is 2.09. The first kappa shape index (κ1) is 18.4. The van der Waals surface area contributed by atoms with Gasteiger partial charge in [0.1, 0.15) is 6.79 Å². The molecule has 0 fully saturated rings. The summed E-state index contributed by atoms with van der Waals surface area (Å²) >= 11 is 3.46. The van der Waals surface area contributed by atoms with E-state index in [1.54, 1.807) is 7.11 Å². The topological polar surface area (TPSA) is 27.7 Å². The highest BCUT2D eigenvalue weighted by atomic mass is 79.9. The Hall–Kier alpha value is 0.360. The fourth-order valence-corrected chi connectivity index (χ4v) is 2.07. The predicted molar refractivity (Wildman–Crippen MR) is 79.4 cm³/mol. The van der Waals surface area contributed by atoms with E-state index in [1.807, 2.05) is 0 Å². The first-order chi connectivity index (χ1) is 8.91. The van der Waals surface area contributed by atoms with E-state index in [-0.39, 0.29) is 0 Å². The fraction of sp³-hybridized carbons (Fsp3) is 1.00. The molecule has 0 unspecified atom stereocenters. The number of ether oxygens (including phenoxy) is 3. The Morgan fingerprint density at radius 1 is 0.667 bits per heavy atom. The number of halogens is 1. The van der Waals surface area contributed by atoms with Gasteiger partial charge in [0.2, 0.25) is 0 Å². The summed E-state index contributed by atoms with van der Waals surface area (Å²) in [5.74, 6) is 0. The molecule has 0 amide bonds. The predicted octanol–water partition coefficient (Wildman–Crippen LogP) is 4.14. The molecule has 0 bridgehead atoms. The van der Waals surface area contributed by atoms with Gasteiger partial charge in [0.25, 0.3) is 0 Å². The maximum absolute atomic E-state index is 5.36. The largest absolute Gasteiger partial charge is 0.382 e. The zero-order valence-electron chi connectivity index (χ0n) is 11.8. The molecule has 0 heterocycles. The van der Waals surface area contributed by atoms with Crippen molar-refractivity contribution < 1.29 is 14.2 Å². The third-order valence-electron chi connectivity index (χ3n) is 2.77. The number of unbranched alkanes of at least 4 members (excludes halogenated alkanes) is 7. The van der Waals surface area contributed by atoms with Gasteiger partial charge >= 0.3 is 0 Å². The van der Waals surface area contributed by atoms with Crippen molar-refractivity contribution in [1.82, 2.24) is 0 Å². The third-order valence-corrected chi connectivity index (χ3v) is 3.33. The lowest BCUT2D eigenvalue weighted by molar-refractivity contribution is -0.0664. The number of hydrogen-bond donors (Lipinski definition) is 0. The molecule has 18 heavy (non-hydrogen) atoms. The Labute approximate surface area is 121 Å². The maximum atomic E-state index is 5.36. The van der Waals surface area contributed by atoms with E-state index < -0.39 is 0 Å². The smallest absolute Gasteiger partial charge is 0.146 e. The van der Waals surface area contributed by atoms with Crippen LogP contribution in [0.3, 0.4) is 0 Å². The molecule has 0 saturated heterocycles. The van der Waals surface area contributed by atoms with Gasteiger partial charge in [-0.3, -0.25) is 0 Å². The van der Waals surface area contributed by atoms with E-state index in [9.17, 15) is 0 Å². The molecule has 0 aromatic carbocycles. The molecule has 0 radical (unpaired) electrons. The normalized spacial score (nSPS) is 11.0. The van der Waals surface area contributed by atoms with Crippen molar-refractivity contribution in [2.45, 2.75) is 51.4 Å². The summed E-state index contributed by atoms with van der Waals surface area (Å²) < 4.78 is 15.4. The molecule has 0 aliphatic heterocycles. The van der Waals surface area contributed by atoms with Gasteiger partial charge in [-0.25, -0.2) is 0 Å². The highest BCUT2D eigenvalue weighted by Gasteiger charge is 1.93. The Balaban J connectivity index is 2.86. The standard InChI is InChI=1S/C14H29BrO3/c1-16-12-13-18-14-17-11-9-7-5-3-2-4-6-8-10-15/h2-14H2,1H3. The molecule has 0 aliphatic rings. The van der Waals surface area contributed by atoms with Gasteiger partial charge in [-0.2, -0.15) is 0 Å². The van der Waals surface area contributed by atoms with Crippen LogP contribution in [-0.4, -0.2) is 39.1 Å². The van der Waals surface area contributed by atoms with Crippen molar-refractivity contribution in [1.29, 1.82) is 0 Å². The highest BCUT2D eigenvalue weighted by molar-refractivity contribution is 9.09. The summed E-state index contributed by atoms with van der Waals surface area (Å²) in [5, 5.41) is 1.15. The summed E-state index contributed by atoms with van der Waals surface area (Å²) in [6.07, 6.45) is 10.6. The number of rotatable bonds is 15. The minimum absolute atomic E-state index is 0.399. The molecule has 0 atom stereocenters. The zero-order valence-corrected chi connectivity index (χ0v) is 13.4. The fourth-order valence-electron chi connectivity index (χ4n) is 1.68. The van der Waals surface area contributed by atoms with Gasteiger partial charge in [-0.1, -0.05) is 54.5 Å². The van der Waals surface area contributed by atoms with E-state index in [1.165, 1.54) is 44.9 Å². The lowest BCUT2D eigenvalue weighted by Crippen LogP contribution is -2.06. The Morgan fingerprint density at radius 3 is 1.83 bits per heavy atom. The summed E-state index contributed by atoms with van der Waals surface area (Å²) in [5.41, 5.74) is 0. The minimum atomic E-state index is 0.399. The van der Waals surface area contributed by atoms with Crippen molar-refractivity contribution in [3.63, 3.8) is 0 Å². The Kier molecular flexibility index (Phi) is 17.7. The molecule has 110 valence electrons. The lowest BCUT2D eigenvalue weighted by Gasteiger charge is -2.05. The van der Waals surface area contributed by atoms with Crippen molar-refractivity contribution in [2.75, 3.05) is 39.1 Å². The number of alkyl halides is 1. The quantitative estimate of drug-likeness (QED) is 0.257. The van der Waals surface area contributed by atoms with Crippen molar-refractivity contribution in [3.05, 3.63) is 0 Å². The van der Waals surface area contributed by atoms with Crippen molar-refractivity contribution >= 4 is 15.9 Å². The summed E-state index contributed by atoms with van der Waals surface area (Å²) in [4.78, 5) is 0. The van der Waals surface area contributed by atoms with Gasteiger partial charge in [-0.05, 0) is 12.8 Å². The molecule has 0 aromatic rings. The zero-order chi connectivity index (χ0) is 13.3. The lowest BCUT2D eigenvalue weighted by atomic mass is 10.1. The van der Waals surface area contributed by atoms with Gasteiger partial charge in [0.05, 0.1) is 13.2 Å². The van der Waals surface area contributed by atoms with Crippen LogP contribution in [0.1, 0.15) is 51.4 Å². The second-order valence-corrected chi connectivity index (χ2v) is 5.24. The monoisotopic (exact) mass is 324 g/mol. The van der Waals surface area contributed by atoms with Gasteiger partial charge in [0.15, 0.2) is 0 Å². The van der Waals surface area contributed by atoms with Gasteiger partial charge in [0, 0.05) is 19.0 Å². The van der Waals surface area contributed by atoms with E-state index in [2.05, 4.69) is 15.9 Å². The van der Waals surface area contributed by atoms with E-state index >= 15 is 0 Å². The van der Waals surface area contributed by atoms with E-state index in [4.69, 9.17) is 14.2 Å². The van der Waals surface area contributed by atoms with Crippen molar-refractivity contribution in [3.8, 4) is 0 Å². The van der Waals surface area contributed by atoms with Crippen LogP contribution in [0.4, 0.5) is 0 Å². The molecule has 0 rings (SSSR count). The molecule has 4 heteroatoms. The summed E-state index contributed by atoms with van der Waals surface area (Å²) in [7, 11) is 1.67. The van der Waals surface area contributed by atoms with Crippen LogP contribution >= 0.6 is 15.9 Å². The van der Waals surface area contributed by atoms with E-state index in [0.717, 1.165) is 18.4 Å². The van der Waals surface area contributed by atoms with Gasteiger partial charge in [-0.15, -0.1) is 0 Å². The van der Waals surface area contributed by atoms with Crippen LogP contribution < -0.4 is 0 Å². The molecule has 0 N–H and O–H groups in total. The van der Waals surface area contributed by atoms with Gasteiger partial charge < -0.3 is 14.2 Å². The van der Waals surface area contributed by atoms with Crippen LogP contribution in [0.15, 0.2) is 0 Å². The minimum Gasteiger partial charge on any atom is -0.382 e. The van der Waals surface area contributed by atoms with Crippen LogP contribution in [0.5, 0.6) is 0 Å². The molecular formula is C14H29BrO3. The first-order valence-electron chi connectivity index (χ1n) is 7.12. The molecular weight excluding hydrogens is 296 g/mol. The summed E-state index contributed by atoms with van der Waals surface area (Å²) in [6.45, 7) is 2.47. The average molecular weight is 325 g/mol. The van der Waals surface area contributed by atoms with Crippen LogP contribution in [0, 0.1) is 0 Å². The second kappa shape index (κ2) is 17.4. The van der Waals surface area contributed by atoms with Crippen LogP contribution in [0.25, 0.3) is 0 Å². The molecule has 0 aliphatic carbocycles. The molecule has 3 nitrogen and oxygen atoms in total. The molecule has 0 spiro atoms. The Morgan fingerprint density at radius 2 is 1.22 bits per heavy atom. The summed E-state index contributed by atoms with van der Waals surface area (Å²) in [6, 6.07) is 0. The third kappa shape index (κ3) is 16.4. The number of hydrogen-bond acceptors (Lipinski definition) is 3. The molecule has 0 aromatic heterocycles. The Bertz CT molecular complexity index is 129.